The molecule has 1 saturated heterocycles. The van der Waals surface area contributed by atoms with Crippen molar-refractivity contribution in [3.8, 4) is 5.75 Å². The van der Waals surface area contributed by atoms with E-state index >= 15 is 0 Å². The van der Waals surface area contributed by atoms with Crippen LogP contribution < -0.4 is 0 Å². The second-order valence-electron chi connectivity index (χ2n) is 5.78. The van der Waals surface area contributed by atoms with Crippen LogP contribution in [0.3, 0.4) is 0 Å². The van der Waals surface area contributed by atoms with Crippen LogP contribution in [0.1, 0.15) is 24.1 Å². The predicted molar refractivity (Wildman–Crippen MR) is 84.8 cm³/mol. The van der Waals surface area contributed by atoms with E-state index in [9.17, 15) is 19.5 Å². The Morgan fingerprint density at radius 2 is 1.92 bits per heavy atom. The van der Waals surface area contributed by atoms with Crippen molar-refractivity contribution in [1.82, 2.24) is 9.88 Å². The zero-order chi connectivity index (χ0) is 17.3. The summed E-state index contributed by atoms with van der Waals surface area (Å²) >= 11 is 0. The van der Waals surface area contributed by atoms with Crippen molar-refractivity contribution < 1.29 is 19.5 Å². The number of benzene rings is 1. The summed E-state index contributed by atoms with van der Waals surface area (Å²) in [5.41, 5.74) is 1.41. The number of hydrogen-bond donors (Lipinski definition) is 1. The quantitative estimate of drug-likeness (QED) is 0.682. The van der Waals surface area contributed by atoms with E-state index in [0.29, 0.717) is 5.56 Å². The Kier molecular flexibility index (Phi) is 4.12. The van der Waals surface area contributed by atoms with Gasteiger partial charge in [0.2, 0.25) is 5.78 Å². The van der Waals surface area contributed by atoms with Crippen LogP contribution in [0.15, 0.2) is 48.8 Å². The second-order valence-corrected chi connectivity index (χ2v) is 5.78. The van der Waals surface area contributed by atoms with Crippen LogP contribution in [-0.2, 0) is 20.9 Å². The number of rotatable bonds is 4. The van der Waals surface area contributed by atoms with Crippen LogP contribution >= 0.6 is 0 Å². The molecule has 1 aromatic heterocycles. The highest BCUT2D eigenvalue weighted by molar-refractivity contribution is 6.42. The number of likely N-dealkylation sites (tertiary alicyclic amines) is 1. The summed E-state index contributed by atoms with van der Waals surface area (Å²) in [6, 6.07) is 9.07. The highest BCUT2D eigenvalue weighted by atomic mass is 16.3. The van der Waals surface area contributed by atoms with Gasteiger partial charge in [-0.1, -0.05) is 18.2 Å². The first-order valence-electron chi connectivity index (χ1n) is 7.52. The Labute approximate surface area is 138 Å². The lowest BCUT2D eigenvalue weighted by Crippen LogP contribution is -2.30. The fraction of sp³-hybridized carbons (Fsp3) is 0.222. The lowest BCUT2D eigenvalue weighted by atomic mass is 9.90. The minimum absolute atomic E-state index is 0.0765. The van der Waals surface area contributed by atoms with Crippen molar-refractivity contribution >= 4 is 17.5 Å². The summed E-state index contributed by atoms with van der Waals surface area (Å²) in [5, 5.41) is 9.46. The van der Waals surface area contributed by atoms with Crippen molar-refractivity contribution in [3.05, 3.63) is 59.9 Å². The minimum atomic E-state index is -1.03. The van der Waals surface area contributed by atoms with Gasteiger partial charge in [-0.05, 0) is 36.2 Å². The van der Waals surface area contributed by atoms with E-state index in [-0.39, 0.29) is 18.1 Å². The molecule has 0 bridgehead atoms. The second kappa shape index (κ2) is 6.23. The summed E-state index contributed by atoms with van der Waals surface area (Å²) in [7, 11) is 0. The molecule has 2 aromatic rings. The number of nitrogens with zero attached hydrogens (tertiary/aromatic N) is 2. The van der Waals surface area contributed by atoms with E-state index in [1.807, 2.05) is 0 Å². The molecule has 1 fully saturated rings. The smallest absolute Gasteiger partial charge is 0.291 e. The Bertz CT molecular complexity index is 786. The van der Waals surface area contributed by atoms with Gasteiger partial charge in [0.05, 0.1) is 6.04 Å². The first-order chi connectivity index (χ1) is 11.5. The molecule has 1 amide bonds. The molecule has 0 aliphatic carbocycles. The summed E-state index contributed by atoms with van der Waals surface area (Å²) in [6.07, 6.45) is 3.24. The number of amides is 1. The monoisotopic (exact) mass is 324 g/mol. The standard InChI is InChI=1S/C18H16N2O4/c1-11(21)15-16(13-4-6-14(22)7-5-13)20(18(24)17(15)23)10-12-3-2-8-19-9-12/h2-9,15-16,22H,10H2,1H3. The first kappa shape index (κ1) is 15.9. The average molecular weight is 324 g/mol. The summed E-state index contributed by atoms with van der Waals surface area (Å²) in [5.74, 6) is -2.66. The van der Waals surface area contributed by atoms with Crippen LogP contribution in [0.25, 0.3) is 0 Å². The van der Waals surface area contributed by atoms with Gasteiger partial charge in [-0.3, -0.25) is 19.4 Å². The van der Waals surface area contributed by atoms with Crippen molar-refractivity contribution in [1.29, 1.82) is 0 Å². The molecule has 3 rings (SSSR count). The molecule has 0 spiro atoms. The molecular weight excluding hydrogens is 308 g/mol. The highest BCUT2D eigenvalue weighted by Crippen LogP contribution is 2.38. The first-order valence-corrected chi connectivity index (χ1v) is 7.52. The topological polar surface area (TPSA) is 87.6 Å². The van der Waals surface area contributed by atoms with E-state index in [4.69, 9.17) is 0 Å². The van der Waals surface area contributed by atoms with E-state index < -0.39 is 23.7 Å². The summed E-state index contributed by atoms with van der Waals surface area (Å²) in [4.78, 5) is 42.2. The number of ketones is 2. The van der Waals surface area contributed by atoms with Gasteiger partial charge in [-0.15, -0.1) is 0 Å². The molecule has 6 nitrogen and oxygen atoms in total. The van der Waals surface area contributed by atoms with Gasteiger partial charge in [-0.25, -0.2) is 0 Å². The van der Waals surface area contributed by atoms with Crippen LogP contribution in [0.4, 0.5) is 0 Å². The van der Waals surface area contributed by atoms with Gasteiger partial charge in [0.25, 0.3) is 5.91 Å². The Morgan fingerprint density at radius 1 is 1.21 bits per heavy atom. The van der Waals surface area contributed by atoms with Crippen LogP contribution in [-0.4, -0.2) is 32.5 Å². The van der Waals surface area contributed by atoms with Gasteiger partial charge in [0.1, 0.15) is 17.5 Å². The number of hydrogen-bond acceptors (Lipinski definition) is 5. The molecule has 2 unspecified atom stereocenters. The van der Waals surface area contributed by atoms with Crippen molar-refractivity contribution in [2.75, 3.05) is 0 Å². The van der Waals surface area contributed by atoms with Crippen LogP contribution in [0.5, 0.6) is 5.75 Å². The van der Waals surface area contributed by atoms with E-state index in [0.717, 1.165) is 5.56 Å². The molecule has 2 heterocycles. The molecule has 2 atom stereocenters. The molecule has 1 aliphatic heterocycles. The van der Waals surface area contributed by atoms with Gasteiger partial charge in [0, 0.05) is 18.9 Å². The molecule has 0 saturated carbocycles. The van der Waals surface area contributed by atoms with Crippen molar-refractivity contribution in [2.45, 2.75) is 19.5 Å². The number of Topliss-reactive ketones (excluding diaryl/α,β-unsaturated/α-hetero) is 2. The summed E-state index contributed by atoms with van der Waals surface area (Å²) < 4.78 is 0. The molecule has 0 radical (unpaired) electrons. The Morgan fingerprint density at radius 3 is 2.50 bits per heavy atom. The number of phenolic OH excluding ortho intramolecular Hbond substituents is 1. The fourth-order valence-electron chi connectivity index (χ4n) is 3.03. The minimum Gasteiger partial charge on any atom is -0.508 e. The zero-order valence-electron chi connectivity index (χ0n) is 13.0. The Hall–Kier alpha value is -3.02. The lowest BCUT2D eigenvalue weighted by Gasteiger charge is -2.26. The van der Waals surface area contributed by atoms with Gasteiger partial charge in [-0.2, -0.15) is 0 Å². The number of carbonyl (C=O) groups is 3. The van der Waals surface area contributed by atoms with Crippen LogP contribution in [0.2, 0.25) is 0 Å². The van der Waals surface area contributed by atoms with Gasteiger partial charge < -0.3 is 10.0 Å². The average Bonchev–Trinajstić information content (AvgIpc) is 2.82. The third-order valence-corrected chi connectivity index (χ3v) is 4.15. The van der Waals surface area contributed by atoms with Gasteiger partial charge in [0.15, 0.2) is 0 Å². The Balaban J connectivity index is 2.03. The van der Waals surface area contributed by atoms with Crippen molar-refractivity contribution in [2.24, 2.45) is 5.92 Å². The number of aromatic nitrogens is 1. The number of carbonyl (C=O) groups excluding carboxylic acids is 3. The van der Waals surface area contributed by atoms with E-state index in [1.54, 1.807) is 36.7 Å². The van der Waals surface area contributed by atoms with Crippen LogP contribution in [0, 0.1) is 5.92 Å². The number of pyridine rings is 1. The molecule has 6 heteroatoms. The SMILES string of the molecule is CC(=O)C1C(=O)C(=O)N(Cc2cccnc2)C1c1ccc(O)cc1. The third kappa shape index (κ3) is 2.78. The molecular formula is C18H16N2O4. The maximum Gasteiger partial charge on any atom is 0.291 e. The maximum atomic E-state index is 12.4. The molecule has 1 aromatic carbocycles. The largest absolute Gasteiger partial charge is 0.508 e. The number of phenols is 1. The fourth-order valence-corrected chi connectivity index (χ4v) is 3.03. The predicted octanol–water partition coefficient (Wildman–Crippen LogP) is 1.64. The lowest BCUT2D eigenvalue weighted by molar-refractivity contribution is -0.142. The third-order valence-electron chi connectivity index (χ3n) is 4.15. The van der Waals surface area contributed by atoms with Crippen molar-refractivity contribution in [3.63, 3.8) is 0 Å². The normalized spacial score (nSPS) is 20.5. The molecule has 1 aliphatic rings. The van der Waals surface area contributed by atoms with Gasteiger partial charge >= 0.3 is 0 Å². The summed E-state index contributed by atoms with van der Waals surface area (Å²) in [6.45, 7) is 1.50. The molecule has 1 N–H and O–H groups in total. The van der Waals surface area contributed by atoms with E-state index in [1.165, 1.54) is 24.0 Å². The maximum absolute atomic E-state index is 12.4. The zero-order valence-corrected chi connectivity index (χ0v) is 13.0. The highest BCUT2D eigenvalue weighted by Gasteiger charge is 2.50. The number of aromatic hydroxyl groups is 1. The van der Waals surface area contributed by atoms with E-state index in [2.05, 4.69) is 4.98 Å². The molecule has 24 heavy (non-hydrogen) atoms. The molecule has 122 valence electrons.